The second-order valence-corrected chi connectivity index (χ2v) is 9.24. The molecule has 0 unspecified atom stereocenters. The fourth-order valence-corrected chi connectivity index (χ4v) is 5.59. The molecule has 22 heavy (non-hydrogen) atoms. The molecule has 8 heteroatoms. The first-order valence-electron chi connectivity index (χ1n) is 6.73. The molecule has 1 aliphatic heterocycles. The average Bonchev–Trinajstić information content (AvgIpc) is 2.96. The van der Waals surface area contributed by atoms with Crippen LogP contribution in [0.3, 0.4) is 0 Å². The van der Waals surface area contributed by atoms with E-state index in [1.807, 2.05) is 24.3 Å². The van der Waals surface area contributed by atoms with Gasteiger partial charge in [0, 0.05) is 36.9 Å². The molecule has 1 saturated heterocycles. The molecule has 4 nitrogen and oxygen atoms in total. The number of piperazine rings is 1. The first-order valence-corrected chi connectivity index (χ1v) is 9.74. The zero-order valence-corrected chi connectivity index (χ0v) is 14.7. The predicted molar refractivity (Wildman–Crippen MR) is 91.8 cm³/mol. The molecule has 3 rings (SSSR count). The van der Waals surface area contributed by atoms with E-state index in [9.17, 15) is 8.42 Å². The number of halogens is 2. The quantitative estimate of drug-likeness (QED) is 0.821. The summed E-state index contributed by atoms with van der Waals surface area (Å²) in [5.74, 6) is 0. The molecule has 2 aromatic rings. The zero-order valence-electron chi connectivity index (χ0n) is 11.6. The van der Waals surface area contributed by atoms with Crippen LogP contribution in [0.15, 0.2) is 40.6 Å². The van der Waals surface area contributed by atoms with Gasteiger partial charge in [-0.25, -0.2) is 8.42 Å². The van der Waals surface area contributed by atoms with Crippen LogP contribution < -0.4 is 4.90 Å². The van der Waals surface area contributed by atoms with Crippen LogP contribution in [0.2, 0.25) is 9.36 Å². The summed E-state index contributed by atoms with van der Waals surface area (Å²) in [6.45, 7) is 2.22. The van der Waals surface area contributed by atoms with E-state index in [0.29, 0.717) is 39.7 Å². The summed E-state index contributed by atoms with van der Waals surface area (Å²) in [4.78, 5) is 2.16. The number of thiophene rings is 1. The van der Waals surface area contributed by atoms with E-state index < -0.39 is 10.0 Å². The van der Waals surface area contributed by atoms with Crippen molar-refractivity contribution in [1.29, 1.82) is 0 Å². The maximum atomic E-state index is 12.5. The van der Waals surface area contributed by atoms with Gasteiger partial charge in [-0.15, -0.1) is 11.3 Å². The van der Waals surface area contributed by atoms with E-state index in [1.165, 1.54) is 4.31 Å². The van der Waals surface area contributed by atoms with E-state index in [2.05, 4.69) is 4.90 Å². The van der Waals surface area contributed by atoms with E-state index in [-0.39, 0.29) is 0 Å². The highest BCUT2D eigenvalue weighted by Crippen LogP contribution is 2.29. The van der Waals surface area contributed by atoms with Crippen molar-refractivity contribution in [3.63, 3.8) is 0 Å². The predicted octanol–water partition coefficient (Wildman–Crippen LogP) is 3.57. The number of anilines is 1. The van der Waals surface area contributed by atoms with Crippen molar-refractivity contribution in [2.45, 2.75) is 4.21 Å². The summed E-state index contributed by atoms with van der Waals surface area (Å²) in [5.41, 5.74) is 1.06. The Morgan fingerprint density at radius 1 is 0.909 bits per heavy atom. The minimum absolute atomic E-state index is 0.303. The fourth-order valence-electron chi connectivity index (χ4n) is 2.40. The number of benzene rings is 1. The van der Waals surface area contributed by atoms with Crippen molar-refractivity contribution in [1.82, 2.24) is 4.31 Å². The Bertz CT molecular complexity index is 751. The maximum absolute atomic E-state index is 12.5. The lowest BCUT2D eigenvalue weighted by molar-refractivity contribution is 0.386. The van der Waals surface area contributed by atoms with Gasteiger partial charge in [-0.05, 0) is 36.4 Å². The van der Waals surface area contributed by atoms with Crippen LogP contribution >= 0.6 is 34.5 Å². The van der Waals surface area contributed by atoms with Crippen LogP contribution in [0.25, 0.3) is 0 Å². The fraction of sp³-hybridized carbons (Fsp3) is 0.286. The van der Waals surface area contributed by atoms with E-state index in [0.717, 1.165) is 17.0 Å². The number of hydrogen-bond acceptors (Lipinski definition) is 4. The second-order valence-electron chi connectivity index (χ2n) is 4.93. The van der Waals surface area contributed by atoms with Gasteiger partial charge >= 0.3 is 0 Å². The normalized spacial score (nSPS) is 16.9. The molecule has 0 N–H and O–H groups in total. The molecule has 0 radical (unpaired) electrons. The molecular formula is C14H14Cl2N2O2S2. The van der Waals surface area contributed by atoms with Gasteiger partial charge in [0.1, 0.15) is 4.21 Å². The molecule has 0 spiro atoms. The lowest BCUT2D eigenvalue weighted by Gasteiger charge is -2.35. The topological polar surface area (TPSA) is 40.6 Å². The molecule has 1 aromatic heterocycles. The Kier molecular flexibility index (Phi) is 4.66. The largest absolute Gasteiger partial charge is 0.369 e. The molecule has 118 valence electrons. The van der Waals surface area contributed by atoms with Gasteiger partial charge in [0.25, 0.3) is 10.0 Å². The standard InChI is InChI=1S/C14H14Cl2N2O2S2/c15-11-1-3-12(4-2-11)17-7-9-18(10-8-17)22(19,20)14-6-5-13(16)21-14/h1-6H,7-10H2. The third kappa shape index (κ3) is 3.26. The SMILES string of the molecule is O=S(=O)(c1ccc(Cl)s1)N1CCN(c2ccc(Cl)cc2)CC1. The van der Waals surface area contributed by atoms with Gasteiger partial charge in [-0.3, -0.25) is 0 Å². The van der Waals surface area contributed by atoms with Crippen molar-refractivity contribution < 1.29 is 8.42 Å². The Labute approximate surface area is 143 Å². The Morgan fingerprint density at radius 3 is 2.09 bits per heavy atom. The van der Waals surface area contributed by atoms with Gasteiger partial charge in [0.15, 0.2) is 0 Å². The van der Waals surface area contributed by atoms with Crippen LogP contribution in [-0.2, 0) is 10.0 Å². The second kappa shape index (κ2) is 6.37. The summed E-state index contributed by atoms with van der Waals surface area (Å²) in [6.07, 6.45) is 0. The Hall–Kier alpha value is -0.790. The number of hydrogen-bond donors (Lipinski definition) is 0. The molecule has 2 heterocycles. The van der Waals surface area contributed by atoms with Gasteiger partial charge < -0.3 is 4.90 Å². The first kappa shape index (κ1) is 16.1. The van der Waals surface area contributed by atoms with Gasteiger partial charge in [-0.2, -0.15) is 4.31 Å². The Balaban J connectivity index is 1.70. The first-order chi connectivity index (χ1) is 10.5. The van der Waals surface area contributed by atoms with E-state index in [1.54, 1.807) is 12.1 Å². The lowest BCUT2D eigenvalue weighted by atomic mass is 10.2. The molecular weight excluding hydrogens is 363 g/mol. The summed E-state index contributed by atoms with van der Waals surface area (Å²) in [6, 6.07) is 10.8. The highest BCUT2D eigenvalue weighted by atomic mass is 35.5. The molecule has 0 amide bonds. The highest BCUT2D eigenvalue weighted by Gasteiger charge is 2.29. The van der Waals surface area contributed by atoms with Crippen molar-refractivity contribution >= 4 is 50.2 Å². The third-order valence-electron chi connectivity index (χ3n) is 3.57. The average molecular weight is 377 g/mol. The number of rotatable bonds is 3. The van der Waals surface area contributed by atoms with Crippen molar-refractivity contribution in [2.24, 2.45) is 0 Å². The van der Waals surface area contributed by atoms with Crippen LogP contribution in [-0.4, -0.2) is 38.9 Å². The smallest absolute Gasteiger partial charge is 0.252 e. The van der Waals surface area contributed by atoms with Gasteiger partial charge in [-0.1, -0.05) is 23.2 Å². The summed E-state index contributed by atoms with van der Waals surface area (Å²) in [7, 11) is -3.43. The molecule has 1 fully saturated rings. The summed E-state index contributed by atoms with van der Waals surface area (Å²) >= 11 is 12.8. The van der Waals surface area contributed by atoms with Crippen molar-refractivity contribution in [2.75, 3.05) is 31.1 Å². The summed E-state index contributed by atoms with van der Waals surface area (Å²) < 4.78 is 27.4. The number of sulfonamides is 1. The summed E-state index contributed by atoms with van der Waals surface area (Å²) in [5, 5.41) is 0.694. The molecule has 0 bridgehead atoms. The molecule has 0 saturated carbocycles. The molecule has 1 aliphatic rings. The molecule has 0 atom stereocenters. The van der Waals surface area contributed by atoms with Crippen LogP contribution in [0.1, 0.15) is 0 Å². The monoisotopic (exact) mass is 376 g/mol. The third-order valence-corrected chi connectivity index (χ3v) is 7.42. The zero-order chi connectivity index (χ0) is 15.7. The maximum Gasteiger partial charge on any atom is 0.252 e. The van der Waals surface area contributed by atoms with Crippen LogP contribution in [0, 0.1) is 0 Å². The molecule has 0 aliphatic carbocycles. The van der Waals surface area contributed by atoms with Crippen molar-refractivity contribution in [3.05, 3.63) is 45.8 Å². The van der Waals surface area contributed by atoms with Crippen molar-refractivity contribution in [3.8, 4) is 0 Å². The van der Waals surface area contributed by atoms with E-state index >= 15 is 0 Å². The highest BCUT2D eigenvalue weighted by molar-refractivity contribution is 7.91. The van der Waals surface area contributed by atoms with Crippen LogP contribution in [0.4, 0.5) is 5.69 Å². The minimum atomic E-state index is -3.43. The van der Waals surface area contributed by atoms with E-state index in [4.69, 9.17) is 23.2 Å². The van der Waals surface area contributed by atoms with Gasteiger partial charge in [0.05, 0.1) is 4.34 Å². The number of nitrogens with zero attached hydrogens (tertiary/aromatic N) is 2. The lowest BCUT2D eigenvalue weighted by Crippen LogP contribution is -2.48. The Morgan fingerprint density at radius 2 is 1.55 bits per heavy atom. The van der Waals surface area contributed by atoms with Gasteiger partial charge in [0.2, 0.25) is 0 Å². The molecule has 1 aromatic carbocycles. The van der Waals surface area contributed by atoms with Crippen LogP contribution in [0.5, 0.6) is 0 Å². The minimum Gasteiger partial charge on any atom is -0.369 e.